The van der Waals surface area contributed by atoms with Crippen molar-refractivity contribution in [1.29, 1.82) is 0 Å². The van der Waals surface area contributed by atoms with Crippen molar-refractivity contribution in [3.8, 4) is 0 Å². The van der Waals surface area contributed by atoms with Crippen molar-refractivity contribution in [2.24, 2.45) is 0 Å². The number of amides is 1. The molecule has 1 amide bonds. The van der Waals surface area contributed by atoms with Crippen molar-refractivity contribution in [3.63, 3.8) is 0 Å². The second-order valence-electron chi connectivity index (χ2n) is 4.75. The maximum atomic E-state index is 12.0. The highest BCUT2D eigenvalue weighted by Gasteiger charge is 2.29. The van der Waals surface area contributed by atoms with Crippen LogP contribution in [0.1, 0.15) is 6.92 Å². The summed E-state index contributed by atoms with van der Waals surface area (Å²) in [5.74, 6) is -0.652. The minimum Gasteiger partial charge on any atom is -0.395 e. The first-order valence-electron chi connectivity index (χ1n) is 6.64. The van der Waals surface area contributed by atoms with Crippen LogP contribution in [-0.4, -0.2) is 50.1 Å². The molecule has 1 atom stereocenters. The fourth-order valence-corrected chi connectivity index (χ4v) is 1.62. The molecular weight excluding hydrogens is 301 g/mol. The predicted octanol–water partition coefficient (Wildman–Crippen LogP) is 2.02. The number of ether oxygens (including phenoxy) is 1. The Kier molecular flexibility index (Phi) is 6.63. The second kappa shape index (κ2) is 8.00. The Labute approximate surface area is 126 Å². The highest BCUT2D eigenvalue weighted by molar-refractivity contribution is 5.94. The summed E-state index contributed by atoms with van der Waals surface area (Å²) in [4.78, 5) is 13.5. The number of nitrogens with one attached hydrogen (secondary N) is 1. The lowest BCUT2D eigenvalue weighted by Crippen LogP contribution is -2.31. The van der Waals surface area contributed by atoms with E-state index in [2.05, 4.69) is 10.1 Å². The summed E-state index contributed by atoms with van der Waals surface area (Å²) in [5, 5.41) is 11.3. The molecule has 0 aromatic heterocycles. The van der Waals surface area contributed by atoms with Gasteiger partial charge in [0.05, 0.1) is 6.61 Å². The second-order valence-corrected chi connectivity index (χ2v) is 4.75. The normalized spacial score (nSPS) is 12.8. The van der Waals surface area contributed by atoms with Crippen molar-refractivity contribution in [3.05, 3.63) is 24.3 Å². The zero-order chi connectivity index (χ0) is 16.8. The van der Waals surface area contributed by atoms with Crippen molar-refractivity contribution in [2.75, 3.05) is 37.0 Å². The average Bonchev–Trinajstić information content (AvgIpc) is 2.45. The molecule has 0 spiro atoms. The summed E-state index contributed by atoms with van der Waals surface area (Å²) >= 11 is 0. The van der Waals surface area contributed by atoms with E-state index in [4.69, 9.17) is 5.11 Å². The molecule has 8 heteroatoms. The van der Waals surface area contributed by atoms with E-state index in [0.717, 1.165) is 5.69 Å². The largest absolute Gasteiger partial charge is 0.411 e. The third-order valence-electron chi connectivity index (χ3n) is 2.88. The number of nitrogens with zero attached hydrogens (tertiary/aromatic N) is 1. The Bertz CT molecular complexity index is 477. The Hall–Kier alpha value is -1.80. The Morgan fingerprint density at radius 2 is 1.95 bits per heavy atom. The molecule has 0 aliphatic heterocycles. The Morgan fingerprint density at radius 1 is 1.36 bits per heavy atom. The van der Waals surface area contributed by atoms with Crippen LogP contribution in [0.2, 0.25) is 0 Å². The van der Waals surface area contributed by atoms with Crippen LogP contribution < -0.4 is 10.2 Å². The number of halogens is 3. The molecule has 0 aliphatic carbocycles. The highest BCUT2D eigenvalue weighted by Crippen LogP contribution is 2.18. The maximum Gasteiger partial charge on any atom is 0.411 e. The molecule has 0 saturated carbocycles. The van der Waals surface area contributed by atoms with Crippen LogP contribution in [0.5, 0.6) is 0 Å². The zero-order valence-electron chi connectivity index (χ0n) is 12.4. The van der Waals surface area contributed by atoms with Gasteiger partial charge in [0.1, 0.15) is 12.7 Å². The summed E-state index contributed by atoms with van der Waals surface area (Å²) in [7, 11) is 1.80. The lowest BCUT2D eigenvalue weighted by atomic mass is 10.2. The first-order valence-corrected chi connectivity index (χ1v) is 6.64. The molecule has 0 radical (unpaired) electrons. The van der Waals surface area contributed by atoms with Gasteiger partial charge in [-0.05, 0) is 31.2 Å². The van der Waals surface area contributed by atoms with Crippen LogP contribution in [0, 0.1) is 0 Å². The molecule has 0 fully saturated rings. The molecule has 124 valence electrons. The summed E-state index contributed by atoms with van der Waals surface area (Å²) < 4.78 is 40.5. The zero-order valence-corrected chi connectivity index (χ0v) is 12.4. The van der Waals surface area contributed by atoms with Crippen molar-refractivity contribution in [2.45, 2.75) is 19.2 Å². The van der Waals surface area contributed by atoms with Gasteiger partial charge >= 0.3 is 6.18 Å². The molecule has 2 N–H and O–H groups in total. The summed E-state index contributed by atoms with van der Waals surface area (Å²) in [6.45, 7) is 0.272. The molecule has 0 bridgehead atoms. The van der Waals surface area contributed by atoms with Crippen molar-refractivity contribution >= 4 is 17.3 Å². The smallest absolute Gasteiger partial charge is 0.395 e. The van der Waals surface area contributed by atoms with Gasteiger partial charge in [0.25, 0.3) is 5.91 Å². The lowest BCUT2D eigenvalue weighted by Gasteiger charge is -2.18. The average molecular weight is 320 g/mol. The number of benzene rings is 1. The molecule has 5 nitrogen and oxygen atoms in total. The van der Waals surface area contributed by atoms with E-state index in [1.807, 2.05) is 4.90 Å². The molecule has 1 aromatic carbocycles. The van der Waals surface area contributed by atoms with Gasteiger partial charge in [0.15, 0.2) is 0 Å². The third-order valence-corrected chi connectivity index (χ3v) is 2.88. The Balaban J connectivity index is 2.54. The van der Waals surface area contributed by atoms with Gasteiger partial charge in [-0.1, -0.05) is 0 Å². The van der Waals surface area contributed by atoms with Crippen LogP contribution in [0.3, 0.4) is 0 Å². The van der Waals surface area contributed by atoms with Gasteiger partial charge in [-0.2, -0.15) is 13.2 Å². The van der Waals surface area contributed by atoms with Crippen LogP contribution >= 0.6 is 0 Å². The minimum absolute atomic E-state index is 0.0169. The quantitative estimate of drug-likeness (QED) is 0.807. The summed E-state index contributed by atoms with van der Waals surface area (Å²) in [5.41, 5.74) is 1.29. The molecule has 1 rings (SSSR count). The standard InChI is InChI=1S/C14H19F3N2O3/c1-10(22-9-14(15,16)17)13(21)18-11-3-5-12(6-4-11)19(2)7-8-20/h3-6,10,20H,7-9H2,1-2H3,(H,18,21). The first-order chi connectivity index (χ1) is 10.2. The van der Waals surface area contributed by atoms with Crippen molar-refractivity contribution in [1.82, 2.24) is 0 Å². The molecule has 0 heterocycles. The molecular formula is C14H19F3N2O3. The van der Waals surface area contributed by atoms with E-state index in [9.17, 15) is 18.0 Å². The van der Waals surface area contributed by atoms with Crippen LogP contribution in [0.15, 0.2) is 24.3 Å². The van der Waals surface area contributed by atoms with E-state index in [1.165, 1.54) is 6.92 Å². The maximum absolute atomic E-state index is 12.0. The number of anilines is 2. The van der Waals surface area contributed by atoms with E-state index in [-0.39, 0.29) is 6.61 Å². The number of carbonyl (C=O) groups excluding carboxylic acids is 1. The highest BCUT2D eigenvalue weighted by atomic mass is 19.4. The molecule has 22 heavy (non-hydrogen) atoms. The fraction of sp³-hybridized carbons (Fsp3) is 0.500. The number of alkyl halides is 3. The molecule has 1 unspecified atom stereocenters. The number of hydrogen-bond acceptors (Lipinski definition) is 4. The number of hydrogen-bond donors (Lipinski definition) is 2. The first kappa shape index (κ1) is 18.2. The van der Waals surface area contributed by atoms with E-state index < -0.39 is 24.8 Å². The van der Waals surface area contributed by atoms with E-state index >= 15 is 0 Å². The fourth-order valence-electron chi connectivity index (χ4n) is 1.62. The van der Waals surface area contributed by atoms with Crippen molar-refractivity contribution < 1.29 is 27.8 Å². The number of carbonyl (C=O) groups is 1. The van der Waals surface area contributed by atoms with E-state index in [0.29, 0.717) is 12.2 Å². The molecule has 0 aliphatic rings. The summed E-state index contributed by atoms with van der Waals surface area (Å²) in [6, 6.07) is 6.70. The van der Waals surface area contributed by atoms with Crippen LogP contribution in [-0.2, 0) is 9.53 Å². The monoisotopic (exact) mass is 320 g/mol. The third kappa shape index (κ3) is 6.31. The van der Waals surface area contributed by atoms with Gasteiger partial charge in [0, 0.05) is 25.0 Å². The van der Waals surface area contributed by atoms with Crippen LogP contribution in [0.4, 0.5) is 24.5 Å². The van der Waals surface area contributed by atoms with Crippen LogP contribution in [0.25, 0.3) is 0 Å². The topological polar surface area (TPSA) is 61.8 Å². The van der Waals surface area contributed by atoms with Gasteiger partial charge in [0.2, 0.25) is 0 Å². The Morgan fingerprint density at radius 3 is 2.45 bits per heavy atom. The summed E-state index contributed by atoms with van der Waals surface area (Å²) in [6.07, 6.45) is -5.67. The van der Waals surface area contributed by atoms with Gasteiger partial charge in [-0.15, -0.1) is 0 Å². The number of rotatable bonds is 7. The van der Waals surface area contributed by atoms with Gasteiger partial charge in [-0.25, -0.2) is 0 Å². The SMILES string of the molecule is CC(OCC(F)(F)F)C(=O)Nc1ccc(N(C)CCO)cc1. The number of aliphatic hydroxyl groups is 1. The lowest BCUT2D eigenvalue weighted by molar-refractivity contribution is -0.184. The van der Waals surface area contributed by atoms with Gasteiger partial charge < -0.3 is 20.1 Å². The number of aliphatic hydroxyl groups excluding tert-OH is 1. The van der Waals surface area contributed by atoms with E-state index in [1.54, 1.807) is 31.3 Å². The predicted molar refractivity (Wildman–Crippen MR) is 76.9 cm³/mol. The number of likely N-dealkylation sites (N-methyl/N-ethyl adjacent to an activating group) is 1. The molecule has 0 saturated heterocycles. The van der Waals surface area contributed by atoms with Gasteiger partial charge in [-0.3, -0.25) is 4.79 Å². The minimum atomic E-state index is -4.46. The molecule has 1 aromatic rings.